The normalized spacial score (nSPS) is 16.4. The molecule has 0 aliphatic carbocycles. The summed E-state index contributed by atoms with van der Waals surface area (Å²) in [7, 11) is 3.90. The van der Waals surface area contributed by atoms with E-state index < -0.39 is 5.91 Å². The molecular formula is C22H26N6O2. The van der Waals surface area contributed by atoms with E-state index in [1.165, 1.54) is 0 Å². The molecule has 3 N–H and O–H groups in total. The van der Waals surface area contributed by atoms with Crippen molar-refractivity contribution < 1.29 is 9.59 Å². The summed E-state index contributed by atoms with van der Waals surface area (Å²) >= 11 is 0. The number of carbonyl (C=O) groups is 2. The van der Waals surface area contributed by atoms with Crippen LogP contribution < -0.4 is 11.1 Å². The van der Waals surface area contributed by atoms with Gasteiger partial charge in [-0.2, -0.15) is 5.10 Å². The number of nitrogens with two attached hydrogens (primary N) is 1. The maximum atomic E-state index is 12.9. The Labute approximate surface area is 175 Å². The van der Waals surface area contributed by atoms with Gasteiger partial charge in [0, 0.05) is 42.5 Å². The van der Waals surface area contributed by atoms with Crippen molar-refractivity contribution in [3.63, 3.8) is 0 Å². The third-order valence-electron chi connectivity index (χ3n) is 5.38. The van der Waals surface area contributed by atoms with E-state index in [2.05, 4.69) is 10.4 Å². The van der Waals surface area contributed by atoms with E-state index in [0.717, 1.165) is 22.9 Å². The van der Waals surface area contributed by atoms with E-state index in [0.29, 0.717) is 30.9 Å². The van der Waals surface area contributed by atoms with Crippen molar-refractivity contribution in [2.45, 2.75) is 19.0 Å². The largest absolute Gasteiger partial charge is 0.366 e. The number of hydrogen-bond acceptors (Lipinski definition) is 4. The molecule has 1 aromatic heterocycles. The minimum Gasteiger partial charge on any atom is -0.366 e. The Balaban J connectivity index is 1.49. The van der Waals surface area contributed by atoms with Crippen LogP contribution in [0.1, 0.15) is 28.4 Å². The minimum absolute atomic E-state index is 0.140. The number of benzene rings is 2. The van der Waals surface area contributed by atoms with E-state index in [4.69, 9.17) is 5.73 Å². The molecular weight excluding hydrogens is 380 g/mol. The van der Waals surface area contributed by atoms with Crippen LogP contribution in [0, 0.1) is 0 Å². The smallest absolute Gasteiger partial charge is 0.321 e. The van der Waals surface area contributed by atoms with Crippen LogP contribution in [0.4, 0.5) is 10.5 Å². The molecule has 30 heavy (non-hydrogen) atoms. The van der Waals surface area contributed by atoms with E-state index in [-0.39, 0.29) is 12.1 Å². The van der Waals surface area contributed by atoms with E-state index in [1.54, 1.807) is 17.0 Å². The number of likely N-dealkylation sites (tertiary alicyclic amines) is 1. The van der Waals surface area contributed by atoms with Gasteiger partial charge in [0.05, 0.1) is 11.6 Å². The lowest BCUT2D eigenvalue weighted by atomic mass is 10.1. The summed E-state index contributed by atoms with van der Waals surface area (Å²) in [4.78, 5) is 28.3. The molecule has 2 heterocycles. The van der Waals surface area contributed by atoms with Gasteiger partial charge in [-0.25, -0.2) is 4.79 Å². The number of rotatable bonds is 5. The van der Waals surface area contributed by atoms with Crippen molar-refractivity contribution in [1.29, 1.82) is 0 Å². The van der Waals surface area contributed by atoms with Crippen molar-refractivity contribution >= 4 is 28.5 Å². The zero-order valence-corrected chi connectivity index (χ0v) is 17.2. The Hall–Kier alpha value is -3.39. The van der Waals surface area contributed by atoms with Gasteiger partial charge in [0.15, 0.2) is 0 Å². The first-order valence-electron chi connectivity index (χ1n) is 9.98. The molecule has 0 saturated carbocycles. The highest BCUT2D eigenvalue weighted by Crippen LogP contribution is 2.25. The van der Waals surface area contributed by atoms with Crippen LogP contribution >= 0.6 is 0 Å². The Morgan fingerprint density at radius 1 is 1.23 bits per heavy atom. The highest BCUT2D eigenvalue weighted by atomic mass is 16.2. The molecule has 1 aliphatic heterocycles. The average Bonchev–Trinajstić information content (AvgIpc) is 3.35. The SMILES string of the molecule is CN(C)Cc1ccc(C(N)=O)cc1NC(=O)N1CCC(n2cc3ccccc3n2)C1. The Bertz CT molecular complexity index is 1060. The lowest BCUT2D eigenvalue weighted by Crippen LogP contribution is -2.34. The van der Waals surface area contributed by atoms with Crippen LogP contribution in [0.25, 0.3) is 10.9 Å². The van der Waals surface area contributed by atoms with E-state index in [9.17, 15) is 9.59 Å². The second-order valence-corrected chi connectivity index (χ2v) is 7.96. The molecule has 0 radical (unpaired) electrons. The lowest BCUT2D eigenvalue weighted by molar-refractivity contribution is 0.1000. The summed E-state index contributed by atoms with van der Waals surface area (Å²) in [5, 5.41) is 8.72. The highest BCUT2D eigenvalue weighted by Gasteiger charge is 2.28. The van der Waals surface area contributed by atoms with Crippen LogP contribution in [0.15, 0.2) is 48.7 Å². The Kier molecular flexibility index (Phi) is 5.41. The molecule has 156 valence electrons. The van der Waals surface area contributed by atoms with Crippen molar-refractivity contribution in [1.82, 2.24) is 19.6 Å². The van der Waals surface area contributed by atoms with Crippen molar-refractivity contribution in [3.8, 4) is 0 Å². The topological polar surface area (TPSA) is 96.5 Å². The fourth-order valence-corrected chi connectivity index (χ4v) is 3.83. The number of hydrogen-bond donors (Lipinski definition) is 2. The van der Waals surface area contributed by atoms with Crippen LogP contribution in [0.5, 0.6) is 0 Å². The predicted octanol–water partition coefficient (Wildman–Crippen LogP) is 2.68. The lowest BCUT2D eigenvalue weighted by Gasteiger charge is -2.20. The van der Waals surface area contributed by atoms with E-state index in [1.807, 2.05) is 60.2 Å². The van der Waals surface area contributed by atoms with Gasteiger partial charge in [-0.15, -0.1) is 0 Å². The van der Waals surface area contributed by atoms with Gasteiger partial charge >= 0.3 is 6.03 Å². The molecule has 1 unspecified atom stereocenters. The van der Waals surface area contributed by atoms with Gasteiger partial charge in [-0.05, 0) is 44.3 Å². The first-order chi connectivity index (χ1) is 14.4. The summed E-state index contributed by atoms with van der Waals surface area (Å²) in [6, 6.07) is 13.1. The summed E-state index contributed by atoms with van der Waals surface area (Å²) in [6.45, 7) is 1.86. The molecule has 2 aromatic carbocycles. The zero-order chi connectivity index (χ0) is 21.3. The molecule has 1 aliphatic rings. The molecule has 8 nitrogen and oxygen atoms in total. The quantitative estimate of drug-likeness (QED) is 0.681. The van der Waals surface area contributed by atoms with Crippen LogP contribution in [0.3, 0.4) is 0 Å². The number of carbonyl (C=O) groups excluding carboxylic acids is 2. The van der Waals surface area contributed by atoms with Gasteiger partial charge in [0.1, 0.15) is 0 Å². The molecule has 1 fully saturated rings. The number of nitrogens with one attached hydrogen (secondary N) is 1. The Morgan fingerprint density at radius 2 is 2.03 bits per heavy atom. The van der Waals surface area contributed by atoms with Gasteiger partial charge < -0.3 is 20.9 Å². The molecule has 1 saturated heterocycles. The number of anilines is 1. The molecule has 8 heteroatoms. The molecule has 3 amide bonds. The summed E-state index contributed by atoms with van der Waals surface area (Å²) in [5.74, 6) is -0.520. The number of primary amides is 1. The average molecular weight is 406 g/mol. The second kappa shape index (κ2) is 8.16. The molecule has 0 spiro atoms. The monoisotopic (exact) mass is 406 g/mol. The number of aromatic nitrogens is 2. The third-order valence-corrected chi connectivity index (χ3v) is 5.38. The summed E-state index contributed by atoms with van der Waals surface area (Å²) in [6.07, 6.45) is 2.88. The van der Waals surface area contributed by atoms with Gasteiger partial charge in [0.2, 0.25) is 5.91 Å². The van der Waals surface area contributed by atoms with Gasteiger partial charge in [0.25, 0.3) is 0 Å². The fraction of sp³-hybridized carbons (Fsp3) is 0.318. The highest BCUT2D eigenvalue weighted by molar-refractivity contribution is 5.96. The van der Waals surface area contributed by atoms with Gasteiger partial charge in [-0.3, -0.25) is 9.48 Å². The van der Waals surface area contributed by atoms with Crippen molar-refractivity contribution in [2.75, 3.05) is 32.5 Å². The van der Waals surface area contributed by atoms with Crippen LogP contribution in [0.2, 0.25) is 0 Å². The van der Waals surface area contributed by atoms with E-state index >= 15 is 0 Å². The maximum absolute atomic E-state index is 12.9. The summed E-state index contributed by atoms with van der Waals surface area (Å²) in [5.41, 5.74) is 8.28. The molecule has 3 aromatic rings. The van der Waals surface area contributed by atoms with Crippen molar-refractivity contribution in [2.24, 2.45) is 5.73 Å². The fourth-order valence-electron chi connectivity index (χ4n) is 3.83. The zero-order valence-electron chi connectivity index (χ0n) is 17.2. The molecule has 1 atom stereocenters. The van der Waals surface area contributed by atoms with Gasteiger partial charge in [-0.1, -0.05) is 24.3 Å². The molecule has 4 rings (SSSR count). The minimum atomic E-state index is -0.520. The number of urea groups is 1. The number of amides is 3. The third kappa shape index (κ3) is 4.13. The second-order valence-electron chi connectivity index (χ2n) is 7.96. The van der Waals surface area contributed by atoms with Crippen LogP contribution in [-0.2, 0) is 6.54 Å². The van der Waals surface area contributed by atoms with Crippen molar-refractivity contribution in [3.05, 3.63) is 59.8 Å². The Morgan fingerprint density at radius 3 is 2.77 bits per heavy atom. The van der Waals surface area contributed by atoms with Crippen LogP contribution in [-0.4, -0.2) is 58.7 Å². The predicted molar refractivity (Wildman–Crippen MR) is 116 cm³/mol. The molecule has 0 bridgehead atoms. The first-order valence-corrected chi connectivity index (χ1v) is 9.98. The number of nitrogens with zero attached hydrogens (tertiary/aromatic N) is 4. The summed E-state index contributed by atoms with van der Waals surface area (Å²) < 4.78 is 1.96. The first kappa shape index (κ1) is 19.9. The maximum Gasteiger partial charge on any atom is 0.321 e. The standard InChI is InChI=1S/C22H26N6O2/c1-26(2)12-17-8-7-15(21(23)29)11-20(17)24-22(30)27-10-9-18(14-27)28-13-16-5-3-4-6-19(16)25-28/h3-8,11,13,18H,9-10,12,14H2,1-2H3,(H2,23,29)(H,24,30). The number of fused-ring (bicyclic) bond motifs is 1.